The molecule has 0 aliphatic carbocycles. The minimum absolute atomic E-state index is 0.106. The summed E-state index contributed by atoms with van der Waals surface area (Å²) in [6.07, 6.45) is 56.9. The molecule has 0 saturated carbocycles. The highest BCUT2D eigenvalue weighted by Crippen LogP contribution is 2.45. The van der Waals surface area contributed by atoms with E-state index in [1.54, 1.807) is 0 Å². The molecule has 0 fully saturated rings. The summed E-state index contributed by atoms with van der Waals surface area (Å²) in [6, 6.07) is 0. The van der Waals surface area contributed by atoms with Crippen LogP contribution in [0.5, 0.6) is 0 Å². The molecule has 0 aromatic heterocycles. The SMILES string of the molecule is CCC(C)CCCCCCCCCCCCC(=O)O[C@H](COC(=O)CCCCCCCCCCCCCCC(C)C)COP(=O)(O)OCC(O)COP(=O)(O)OC[C@@H](COC(=O)CCCCCCCCCC(C)C)OC(=O)CCCCCCCCCCCCCCCCCCCCC(C)C. The number of phosphoric ester groups is 2. The van der Waals surface area contributed by atoms with E-state index < -0.39 is 97.5 Å². The lowest BCUT2D eigenvalue weighted by Gasteiger charge is -2.21. The molecule has 0 bridgehead atoms. The number of carbonyl (C=O) groups excluding carboxylic acids is 4. The fourth-order valence-corrected chi connectivity index (χ4v) is 14.0. The van der Waals surface area contributed by atoms with Crippen LogP contribution >= 0.6 is 15.6 Å². The van der Waals surface area contributed by atoms with Crippen molar-refractivity contribution in [3.63, 3.8) is 0 Å². The summed E-state index contributed by atoms with van der Waals surface area (Å²) in [7, 11) is -9.92. The third-order valence-corrected chi connectivity index (χ3v) is 21.1. The number of phosphoric acid groups is 2. The van der Waals surface area contributed by atoms with Crippen molar-refractivity contribution < 1.29 is 80.2 Å². The Kier molecular flexibility index (Phi) is 68.7. The first-order chi connectivity index (χ1) is 48.1. The fraction of sp³-hybridized carbons (Fsp3) is 0.951. The van der Waals surface area contributed by atoms with Gasteiger partial charge in [0.05, 0.1) is 26.4 Å². The number of hydrogen-bond acceptors (Lipinski definition) is 15. The van der Waals surface area contributed by atoms with Crippen LogP contribution in [0.25, 0.3) is 0 Å². The third-order valence-electron chi connectivity index (χ3n) is 19.2. The molecule has 0 aromatic carbocycles. The minimum atomic E-state index is -4.96. The van der Waals surface area contributed by atoms with Crippen LogP contribution in [0.4, 0.5) is 0 Å². The number of aliphatic hydroxyl groups is 1. The Morgan fingerprint density at radius 1 is 0.280 bits per heavy atom. The van der Waals surface area contributed by atoms with Gasteiger partial charge in [-0.05, 0) is 49.4 Å². The van der Waals surface area contributed by atoms with Crippen LogP contribution in [0, 0.1) is 23.7 Å². The second kappa shape index (κ2) is 70.1. The summed E-state index contributed by atoms with van der Waals surface area (Å²) >= 11 is 0. The molecule has 3 N–H and O–H groups in total. The minimum Gasteiger partial charge on any atom is -0.462 e. The maximum absolute atomic E-state index is 13.1. The molecule has 0 radical (unpaired) electrons. The summed E-state index contributed by atoms with van der Waals surface area (Å²) in [4.78, 5) is 73.0. The van der Waals surface area contributed by atoms with Crippen molar-refractivity contribution in [1.82, 2.24) is 0 Å². The highest BCUT2D eigenvalue weighted by atomic mass is 31.2. The molecule has 6 atom stereocenters. The van der Waals surface area contributed by atoms with Gasteiger partial charge in [-0.2, -0.15) is 0 Å². The number of esters is 4. The monoisotopic (exact) mass is 1470 g/mol. The second-order valence-corrected chi connectivity index (χ2v) is 33.7. The maximum atomic E-state index is 13.1. The van der Waals surface area contributed by atoms with Gasteiger partial charge in [0.2, 0.25) is 0 Å². The first-order valence-corrected chi connectivity index (χ1v) is 44.7. The Labute approximate surface area is 613 Å². The normalized spacial score (nSPS) is 14.3. The van der Waals surface area contributed by atoms with Crippen molar-refractivity contribution in [3.8, 4) is 0 Å². The van der Waals surface area contributed by atoms with Gasteiger partial charge in [0, 0.05) is 25.7 Å². The van der Waals surface area contributed by atoms with Gasteiger partial charge in [0.1, 0.15) is 19.3 Å². The number of unbranched alkanes of at least 4 members (excludes halogenated alkanes) is 43. The van der Waals surface area contributed by atoms with E-state index in [1.165, 1.54) is 212 Å². The van der Waals surface area contributed by atoms with Crippen molar-refractivity contribution in [2.75, 3.05) is 39.6 Å². The van der Waals surface area contributed by atoms with Crippen molar-refractivity contribution in [2.24, 2.45) is 23.7 Å². The van der Waals surface area contributed by atoms with E-state index >= 15 is 0 Å². The van der Waals surface area contributed by atoms with E-state index in [-0.39, 0.29) is 25.7 Å². The van der Waals surface area contributed by atoms with Gasteiger partial charge >= 0.3 is 39.5 Å². The topological polar surface area (TPSA) is 237 Å². The maximum Gasteiger partial charge on any atom is 0.472 e. The van der Waals surface area contributed by atoms with Crippen LogP contribution in [0.2, 0.25) is 0 Å². The van der Waals surface area contributed by atoms with Gasteiger partial charge in [-0.25, -0.2) is 9.13 Å². The molecule has 0 rings (SSSR count). The molecule has 0 aromatic rings. The largest absolute Gasteiger partial charge is 0.472 e. The van der Waals surface area contributed by atoms with Gasteiger partial charge in [-0.3, -0.25) is 37.3 Å². The van der Waals surface area contributed by atoms with Crippen molar-refractivity contribution in [2.45, 2.75) is 433 Å². The zero-order chi connectivity index (χ0) is 73.8. The molecule has 0 heterocycles. The quantitative estimate of drug-likeness (QED) is 0.0222. The van der Waals surface area contributed by atoms with E-state index in [1.807, 2.05) is 0 Å². The molecule has 0 saturated heterocycles. The van der Waals surface area contributed by atoms with Crippen LogP contribution < -0.4 is 0 Å². The number of ether oxygens (including phenoxy) is 4. The predicted molar refractivity (Wildman–Crippen MR) is 409 cm³/mol. The first-order valence-electron chi connectivity index (χ1n) is 41.7. The molecule has 0 aliphatic heterocycles. The van der Waals surface area contributed by atoms with Gasteiger partial charge in [0.25, 0.3) is 0 Å². The molecule has 17 nitrogen and oxygen atoms in total. The summed E-state index contributed by atoms with van der Waals surface area (Å²) in [6.45, 7) is 14.3. The average molecular weight is 1470 g/mol. The van der Waals surface area contributed by atoms with E-state index in [9.17, 15) is 43.2 Å². The predicted octanol–water partition coefficient (Wildman–Crippen LogP) is 24.0. The standard InChI is InChI=1S/C81H158O17P2/c1-9-74(8)60-52-44-36-28-24-25-31-39-48-56-64-81(86)97-76(67-91-78(83)61-53-45-37-29-22-19-18-21-27-34-42-50-58-72(4)5)69-95-99(87,88)93-65-75(82)66-94-100(89,90)96-70-77(68-92-79(84)62-54-46-40-32-35-43-51-59-73(6)7)98-80(85)63-55-47-38-30-23-17-15-13-11-10-12-14-16-20-26-33-41-49-57-71(2)3/h71-77,82H,9-70H2,1-8H3,(H,87,88)(H,89,90)/t74?,75?,76-,77-/m1/s1. The average Bonchev–Trinajstić information content (AvgIpc) is 0.928. The third kappa shape index (κ3) is 73.0. The fourth-order valence-electron chi connectivity index (χ4n) is 12.4. The molecule has 0 spiro atoms. The van der Waals surface area contributed by atoms with Crippen LogP contribution in [0.1, 0.15) is 415 Å². The van der Waals surface area contributed by atoms with Crippen molar-refractivity contribution in [1.29, 1.82) is 0 Å². The number of rotatable bonds is 78. The Bertz CT molecular complexity index is 1960. The van der Waals surface area contributed by atoms with Gasteiger partial charge in [-0.1, -0.05) is 364 Å². The van der Waals surface area contributed by atoms with Gasteiger partial charge in [0.15, 0.2) is 12.2 Å². The molecule has 19 heteroatoms. The van der Waals surface area contributed by atoms with E-state index in [4.69, 9.17) is 37.0 Å². The molecule has 0 aliphatic rings. The summed E-state index contributed by atoms with van der Waals surface area (Å²) < 4.78 is 68.7. The highest BCUT2D eigenvalue weighted by molar-refractivity contribution is 7.47. The molecule has 594 valence electrons. The van der Waals surface area contributed by atoms with Crippen LogP contribution in [-0.2, 0) is 65.4 Å². The van der Waals surface area contributed by atoms with E-state index in [0.29, 0.717) is 31.6 Å². The number of hydrogen-bond donors (Lipinski definition) is 3. The lowest BCUT2D eigenvalue weighted by molar-refractivity contribution is -0.161. The molecule has 100 heavy (non-hydrogen) atoms. The summed E-state index contributed by atoms with van der Waals surface area (Å²) in [5.41, 5.74) is 0. The Hall–Kier alpha value is -1.94. The van der Waals surface area contributed by atoms with Crippen LogP contribution in [-0.4, -0.2) is 96.7 Å². The van der Waals surface area contributed by atoms with Crippen LogP contribution in [0.3, 0.4) is 0 Å². The van der Waals surface area contributed by atoms with E-state index in [2.05, 4.69) is 55.4 Å². The molecule has 4 unspecified atom stereocenters. The lowest BCUT2D eigenvalue weighted by Crippen LogP contribution is -2.30. The smallest absolute Gasteiger partial charge is 0.462 e. The summed E-state index contributed by atoms with van der Waals surface area (Å²) in [5, 5.41) is 10.6. The zero-order valence-electron chi connectivity index (χ0n) is 65.8. The molecular formula is C81H158O17P2. The van der Waals surface area contributed by atoms with Crippen molar-refractivity contribution in [3.05, 3.63) is 0 Å². The number of aliphatic hydroxyl groups excluding tert-OH is 1. The Morgan fingerprint density at radius 3 is 0.710 bits per heavy atom. The Morgan fingerprint density at radius 2 is 0.480 bits per heavy atom. The highest BCUT2D eigenvalue weighted by Gasteiger charge is 2.30. The first kappa shape index (κ1) is 98.1. The molecular weight excluding hydrogens is 1310 g/mol. The van der Waals surface area contributed by atoms with E-state index in [0.717, 1.165) is 114 Å². The van der Waals surface area contributed by atoms with Gasteiger partial charge < -0.3 is 33.8 Å². The van der Waals surface area contributed by atoms with Gasteiger partial charge in [-0.15, -0.1) is 0 Å². The van der Waals surface area contributed by atoms with Crippen LogP contribution in [0.15, 0.2) is 0 Å². The lowest BCUT2D eigenvalue weighted by atomic mass is 9.99. The van der Waals surface area contributed by atoms with Crippen molar-refractivity contribution >= 4 is 39.5 Å². The molecule has 0 amide bonds. The zero-order valence-corrected chi connectivity index (χ0v) is 67.6. The summed E-state index contributed by atoms with van der Waals surface area (Å²) in [5.74, 6) is 0.995. The number of carbonyl (C=O) groups is 4. The Balaban J connectivity index is 5.21. The second-order valence-electron chi connectivity index (χ2n) is 30.8.